The third kappa shape index (κ3) is 8.42. The SMILES string of the molecule is CS(=O)(=O)c1ccc(NCC#Cc2cc3c(NC4CCC(N5CCOCC5)CC4)cccc3n2CC(F)(F)F)c(OCC#N)c1. The Bertz CT molecular complexity index is 1710. The van der Waals surface area contributed by atoms with E-state index in [9.17, 15) is 21.6 Å². The first kappa shape index (κ1) is 32.5. The second-order valence-corrected chi connectivity index (χ2v) is 13.3. The summed E-state index contributed by atoms with van der Waals surface area (Å²) in [6.07, 6.45) is 0.694. The van der Waals surface area contributed by atoms with Gasteiger partial charge >= 0.3 is 6.18 Å². The maximum Gasteiger partial charge on any atom is 0.406 e. The average molecular weight is 644 g/mol. The van der Waals surface area contributed by atoms with Crippen LogP contribution < -0.4 is 15.4 Å². The molecule has 0 spiro atoms. The van der Waals surface area contributed by atoms with E-state index < -0.39 is 22.6 Å². The fourth-order valence-corrected chi connectivity index (χ4v) is 6.63. The molecule has 1 saturated carbocycles. The Balaban J connectivity index is 1.33. The van der Waals surface area contributed by atoms with Gasteiger partial charge in [-0.1, -0.05) is 12.0 Å². The van der Waals surface area contributed by atoms with Crippen LogP contribution in [0, 0.1) is 23.2 Å². The molecule has 1 aliphatic heterocycles. The van der Waals surface area contributed by atoms with Crippen molar-refractivity contribution in [2.75, 3.05) is 56.3 Å². The number of morpholine rings is 1. The molecule has 1 saturated heterocycles. The largest absolute Gasteiger partial charge is 0.477 e. The van der Waals surface area contributed by atoms with E-state index in [0.717, 1.165) is 63.9 Å². The first-order valence-electron chi connectivity index (χ1n) is 14.9. The van der Waals surface area contributed by atoms with Crippen molar-refractivity contribution < 1.29 is 31.1 Å². The van der Waals surface area contributed by atoms with Gasteiger partial charge in [-0.25, -0.2) is 8.42 Å². The second kappa shape index (κ2) is 14.0. The van der Waals surface area contributed by atoms with Crippen molar-refractivity contribution in [2.24, 2.45) is 0 Å². The molecule has 2 aliphatic rings. The minimum absolute atomic E-state index is 0.0262. The molecule has 240 valence electrons. The lowest BCUT2D eigenvalue weighted by atomic mass is 9.89. The summed E-state index contributed by atoms with van der Waals surface area (Å²) in [5.41, 5.74) is 1.86. The van der Waals surface area contributed by atoms with Gasteiger partial charge in [-0.3, -0.25) is 4.90 Å². The molecule has 2 N–H and O–H groups in total. The number of fused-ring (bicyclic) bond motifs is 1. The smallest absolute Gasteiger partial charge is 0.406 e. The minimum Gasteiger partial charge on any atom is -0.477 e. The van der Waals surface area contributed by atoms with E-state index in [1.807, 2.05) is 12.1 Å². The predicted molar refractivity (Wildman–Crippen MR) is 166 cm³/mol. The van der Waals surface area contributed by atoms with Gasteiger partial charge in [-0.05, 0) is 61.9 Å². The molecule has 2 heterocycles. The van der Waals surface area contributed by atoms with Crippen LogP contribution in [0.15, 0.2) is 47.4 Å². The summed E-state index contributed by atoms with van der Waals surface area (Å²) in [5.74, 6) is 5.92. The molecule has 3 aromatic rings. The number of nitrogens with one attached hydrogen (secondary N) is 2. The minimum atomic E-state index is -4.45. The lowest BCUT2D eigenvalue weighted by molar-refractivity contribution is -0.140. The molecule has 0 bridgehead atoms. The van der Waals surface area contributed by atoms with E-state index in [0.29, 0.717) is 22.6 Å². The van der Waals surface area contributed by atoms with Crippen LogP contribution in [0.2, 0.25) is 0 Å². The molecule has 2 aromatic carbocycles. The van der Waals surface area contributed by atoms with Gasteiger partial charge in [0.2, 0.25) is 0 Å². The van der Waals surface area contributed by atoms with Crippen LogP contribution in [0.1, 0.15) is 31.4 Å². The molecule has 0 amide bonds. The summed E-state index contributed by atoms with van der Waals surface area (Å²) >= 11 is 0. The lowest BCUT2D eigenvalue weighted by Crippen LogP contribution is -2.46. The summed E-state index contributed by atoms with van der Waals surface area (Å²) in [5, 5.41) is 16.2. The van der Waals surface area contributed by atoms with Gasteiger partial charge in [0.05, 0.1) is 41.6 Å². The molecule has 0 radical (unpaired) electrons. The highest BCUT2D eigenvalue weighted by Crippen LogP contribution is 2.33. The van der Waals surface area contributed by atoms with Crippen LogP contribution in [0.5, 0.6) is 5.75 Å². The van der Waals surface area contributed by atoms with E-state index in [1.165, 1.54) is 22.8 Å². The van der Waals surface area contributed by atoms with Gasteiger partial charge in [-0.15, -0.1) is 0 Å². The highest BCUT2D eigenvalue weighted by molar-refractivity contribution is 7.90. The number of ether oxygens (including phenoxy) is 2. The van der Waals surface area contributed by atoms with E-state index in [2.05, 4.69) is 27.4 Å². The van der Waals surface area contributed by atoms with Crippen LogP contribution in [-0.2, 0) is 21.1 Å². The zero-order chi connectivity index (χ0) is 32.0. The number of aromatic nitrogens is 1. The topological polar surface area (TPSA) is 109 Å². The average Bonchev–Trinajstić information content (AvgIpc) is 3.35. The first-order chi connectivity index (χ1) is 21.5. The number of anilines is 2. The highest BCUT2D eigenvalue weighted by Gasteiger charge is 2.31. The Labute approximate surface area is 261 Å². The number of alkyl halides is 3. The van der Waals surface area contributed by atoms with Crippen LogP contribution in [-0.4, -0.2) is 81.9 Å². The van der Waals surface area contributed by atoms with Crippen molar-refractivity contribution in [1.29, 1.82) is 5.26 Å². The quantitative estimate of drug-likeness (QED) is 0.313. The van der Waals surface area contributed by atoms with E-state index in [1.54, 1.807) is 18.2 Å². The highest BCUT2D eigenvalue weighted by atomic mass is 32.2. The Morgan fingerprint density at radius 2 is 1.82 bits per heavy atom. The number of sulfone groups is 1. The molecular weight excluding hydrogens is 607 g/mol. The maximum absolute atomic E-state index is 13.7. The summed E-state index contributed by atoms with van der Waals surface area (Å²) in [7, 11) is -3.51. The maximum atomic E-state index is 13.7. The monoisotopic (exact) mass is 643 g/mol. The van der Waals surface area contributed by atoms with Crippen LogP contribution in [0.3, 0.4) is 0 Å². The third-order valence-electron chi connectivity index (χ3n) is 8.16. The zero-order valence-electron chi connectivity index (χ0n) is 25.0. The third-order valence-corrected chi connectivity index (χ3v) is 9.27. The Morgan fingerprint density at radius 3 is 2.51 bits per heavy atom. The van der Waals surface area contributed by atoms with E-state index in [4.69, 9.17) is 14.7 Å². The van der Waals surface area contributed by atoms with Gasteiger partial charge in [0, 0.05) is 48.6 Å². The lowest BCUT2D eigenvalue weighted by Gasteiger charge is -2.39. The number of halogens is 3. The number of benzene rings is 2. The molecule has 2 fully saturated rings. The van der Waals surface area contributed by atoms with Gasteiger partial charge in [-0.2, -0.15) is 18.4 Å². The standard InChI is InChI=1S/C32H36F3N5O4S/c1-45(41,42)26-11-12-29(31(21-26)44-17-13-36)37-14-3-4-25-20-27-28(5-2-6-30(27)40(25)22-32(33,34)35)38-23-7-9-24(10-8-23)39-15-18-43-19-16-39/h2,5-6,11-12,20-21,23-24,37-38H,7-10,14-19,22H2,1H3. The normalized spacial score (nSPS) is 19.4. The molecular formula is C32H36F3N5O4S. The fourth-order valence-electron chi connectivity index (χ4n) is 5.99. The summed E-state index contributed by atoms with van der Waals surface area (Å²) in [6.45, 7) is 2.02. The van der Waals surface area contributed by atoms with Crippen molar-refractivity contribution in [3.8, 4) is 23.7 Å². The van der Waals surface area contributed by atoms with Crippen molar-refractivity contribution in [1.82, 2.24) is 9.47 Å². The molecule has 0 atom stereocenters. The van der Waals surface area contributed by atoms with Gasteiger partial charge in [0.1, 0.15) is 18.4 Å². The second-order valence-electron chi connectivity index (χ2n) is 11.3. The molecule has 9 nitrogen and oxygen atoms in total. The molecule has 1 aliphatic carbocycles. The van der Waals surface area contributed by atoms with E-state index >= 15 is 0 Å². The number of rotatable bonds is 9. The number of hydrogen-bond acceptors (Lipinski definition) is 8. The molecule has 5 rings (SSSR count). The van der Waals surface area contributed by atoms with E-state index in [-0.39, 0.29) is 35.5 Å². The fraction of sp³-hybridized carbons (Fsp3) is 0.469. The number of nitrogens with zero attached hydrogens (tertiary/aromatic N) is 3. The van der Waals surface area contributed by atoms with Crippen molar-refractivity contribution in [3.05, 3.63) is 48.2 Å². The van der Waals surface area contributed by atoms with Crippen LogP contribution >= 0.6 is 0 Å². The molecule has 1 aromatic heterocycles. The summed E-state index contributed by atoms with van der Waals surface area (Å²) < 4.78 is 77.0. The zero-order valence-corrected chi connectivity index (χ0v) is 25.8. The van der Waals surface area contributed by atoms with Gasteiger partial charge < -0.3 is 24.7 Å². The van der Waals surface area contributed by atoms with Gasteiger partial charge in [0.25, 0.3) is 0 Å². The van der Waals surface area contributed by atoms with Crippen molar-refractivity contribution in [2.45, 2.75) is 55.4 Å². The first-order valence-corrected chi connectivity index (χ1v) is 16.7. The molecule has 0 unspecified atom stereocenters. The van der Waals surface area contributed by atoms with Crippen molar-refractivity contribution in [3.63, 3.8) is 0 Å². The number of hydrogen-bond donors (Lipinski definition) is 2. The van der Waals surface area contributed by atoms with Crippen molar-refractivity contribution >= 4 is 32.1 Å². The van der Waals surface area contributed by atoms with Gasteiger partial charge in [0.15, 0.2) is 16.4 Å². The molecule has 45 heavy (non-hydrogen) atoms. The Morgan fingerprint density at radius 1 is 1.07 bits per heavy atom. The Kier molecular flexibility index (Phi) is 10.1. The number of nitriles is 1. The van der Waals surface area contributed by atoms with Crippen LogP contribution in [0.4, 0.5) is 24.5 Å². The van der Waals surface area contributed by atoms with Crippen LogP contribution in [0.25, 0.3) is 10.9 Å². The predicted octanol–water partition coefficient (Wildman–Crippen LogP) is 5.03. The summed E-state index contributed by atoms with van der Waals surface area (Å²) in [4.78, 5) is 2.53. The molecule has 13 heteroatoms. The Hall–Kier alpha value is -3.91. The summed E-state index contributed by atoms with van der Waals surface area (Å²) in [6, 6.07) is 13.8.